The molecule has 0 bridgehead atoms. The number of carbonyl (C=O) groups is 2. The Hall–Kier alpha value is -1.06. The molecule has 1 N–H and O–H groups in total. The molecule has 2 fully saturated rings. The highest BCUT2D eigenvalue weighted by atomic mass is 16.2. The van der Waals surface area contributed by atoms with Crippen molar-refractivity contribution in [2.45, 2.75) is 58.0 Å². The van der Waals surface area contributed by atoms with Crippen LogP contribution < -0.4 is 5.32 Å². The van der Waals surface area contributed by atoms with Gasteiger partial charge in [0, 0.05) is 6.54 Å². The van der Waals surface area contributed by atoms with E-state index in [0.29, 0.717) is 5.92 Å². The summed E-state index contributed by atoms with van der Waals surface area (Å²) in [5, 5.41) is 2.90. The number of amides is 2. The second-order valence-corrected chi connectivity index (χ2v) is 5.86. The third-order valence-electron chi connectivity index (χ3n) is 4.03. The Balaban J connectivity index is 2.08. The molecule has 2 aliphatic rings. The second-order valence-electron chi connectivity index (χ2n) is 5.86. The predicted molar refractivity (Wildman–Crippen MR) is 65.4 cm³/mol. The van der Waals surface area contributed by atoms with Crippen LogP contribution in [0.15, 0.2) is 0 Å². The van der Waals surface area contributed by atoms with Crippen molar-refractivity contribution in [1.82, 2.24) is 10.2 Å². The van der Waals surface area contributed by atoms with Crippen molar-refractivity contribution in [3.63, 3.8) is 0 Å². The lowest BCUT2D eigenvalue weighted by atomic mass is 9.91. The molecular weight excluding hydrogens is 216 g/mol. The van der Waals surface area contributed by atoms with Gasteiger partial charge in [0.1, 0.15) is 11.6 Å². The Morgan fingerprint density at radius 3 is 2.82 bits per heavy atom. The summed E-state index contributed by atoms with van der Waals surface area (Å²) in [6, 6.07) is -0.295. The van der Waals surface area contributed by atoms with Crippen LogP contribution in [0.1, 0.15) is 46.5 Å². The third-order valence-corrected chi connectivity index (χ3v) is 4.03. The summed E-state index contributed by atoms with van der Waals surface area (Å²) in [6.07, 6.45) is 3.46. The van der Waals surface area contributed by atoms with Gasteiger partial charge in [0.05, 0.1) is 0 Å². The van der Waals surface area contributed by atoms with Crippen molar-refractivity contribution in [3.05, 3.63) is 0 Å². The molecule has 2 rings (SSSR count). The summed E-state index contributed by atoms with van der Waals surface area (Å²) in [5.74, 6) is 0.709. The fraction of sp³-hybridized carbons (Fsp3) is 0.846. The topological polar surface area (TPSA) is 49.4 Å². The average Bonchev–Trinajstić information content (AvgIpc) is 2.65. The first-order valence-corrected chi connectivity index (χ1v) is 6.57. The standard InChI is InChI=1S/C13H22N2O2/c1-9(2)5-6-10-11(16)15-8-4-7-13(15,3)12(17)14-10/h9-10H,4-8H2,1-3H3,(H,14,17)/t10-,13-/m0/s1. The molecule has 4 nitrogen and oxygen atoms in total. The first-order valence-electron chi connectivity index (χ1n) is 6.57. The predicted octanol–water partition coefficient (Wildman–Crippen LogP) is 1.30. The Bertz CT molecular complexity index is 340. The van der Waals surface area contributed by atoms with Crippen LogP contribution in [-0.4, -0.2) is 34.8 Å². The molecule has 0 aromatic rings. The van der Waals surface area contributed by atoms with Gasteiger partial charge in [-0.05, 0) is 38.5 Å². The lowest BCUT2D eigenvalue weighted by molar-refractivity contribution is -0.153. The molecule has 0 saturated carbocycles. The molecule has 0 aromatic carbocycles. The minimum Gasteiger partial charge on any atom is -0.342 e. The molecule has 2 aliphatic heterocycles. The molecule has 17 heavy (non-hydrogen) atoms. The lowest BCUT2D eigenvalue weighted by Crippen LogP contribution is -2.67. The van der Waals surface area contributed by atoms with E-state index in [1.54, 1.807) is 4.90 Å². The van der Waals surface area contributed by atoms with Gasteiger partial charge in [0.25, 0.3) is 0 Å². The van der Waals surface area contributed by atoms with Crippen LogP contribution in [0.5, 0.6) is 0 Å². The molecular formula is C13H22N2O2. The van der Waals surface area contributed by atoms with E-state index < -0.39 is 5.54 Å². The van der Waals surface area contributed by atoms with Crippen LogP contribution in [0.25, 0.3) is 0 Å². The zero-order valence-corrected chi connectivity index (χ0v) is 11.0. The number of carbonyl (C=O) groups excluding carboxylic acids is 2. The summed E-state index contributed by atoms with van der Waals surface area (Å²) >= 11 is 0. The van der Waals surface area contributed by atoms with Crippen LogP contribution in [0.4, 0.5) is 0 Å². The number of piperazine rings is 1. The number of hydrogen-bond acceptors (Lipinski definition) is 2. The number of nitrogens with one attached hydrogen (secondary N) is 1. The van der Waals surface area contributed by atoms with Gasteiger partial charge in [-0.3, -0.25) is 9.59 Å². The maximum atomic E-state index is 12.3. The highest BCUT2D eigenvalue weighted by molar-refractivity contribution is 6.00. The van der Waals surface area contributed by atoms with Gasteiger partial charge in [0.2, 0.25) is 11.8 Å². The zero-order chi connectivity index (χ0) is 12.6. The molecule has 2 amide bonds. The van der Waals surface area contributed by atoms with Crippen molar-refractivity contribution in [1.29, 1.82) is 0 Å². The SMILES string of the molecule is CC(C)CC[C@@H]1NC(=O)[C@]2(C)CCCN2C1=O. The summed E-state index contributed by atoms with van der Waals surface area (Å²) < 4.78 is 0. The minimum atomic E-state index is -0.578. The number of fused-ring (bicyclic) bond motifs is 1. The number of rotatable bonds is 3. The molecule has 2 atom stereocenters. The number of hydrogen-bond donors (Lipinski definition) is 1. The average molecular weight is 238 g/mol. The molecule has 2 heterocycles. The van der Waals surface area contributed by atoms with Crippen molar-refractivity contribution in [2.75, 3.05) is 6.54 Å². The monoisotopic (exact) mass is 238 g/mol. The fourth-order valence-corrected chi connectivity index (χ4v) is 2.81. The van der Waals surface area contributed by atoms with Crippen LogP contribution in [-0.2, 0) is 9.59 Å². The summed E-state index contributed by atoms with van der Waals surface area (Å²) in [5.41, 5.74) is -0.578. The Labute approximate surface area is 103 Å². The quantitative estimate of drug-likeness (QED) is 0.805. The first-order chi connectivity index (χ1) is 7.95. The van der Waals surface area contributed by atoms with Crippen molar-refractivity contribution < 1.29 is 9.59 Å². The van der Waals surface area contributed by atoms with Crippen molar-refractivity contribution in [3.8, 4) is 0 Å². The number of nitrogens with zero attached hydrogens (tertiary/aromatic N) is 1. The smallest absolute Gasteiger partial charge is 0.246 e. The maximum Gasteiger partial charge on any atom is 0.246 e. The minimum absolute atomic E-state index is 0.0309. The summed E-state index contributed by atoms with van der Waals surface area (Å²) in [4.78, 5) is 26.2. The Morgan fingerprint density at radius 2 is 2.18 bits per heavy atom. The van der Waals surface area contributed by atoms with Gasteiger partial charge in [0.15, 0.2) is 0 Å². The molecule has 0 unspecified atom stereocenters. The van der Waals surface area contributed by atoms with E-state index in [4.69, 9.17) is 0 Å². The van der Waals surface area contributed by atoms with Gasteiger partial charge in [-0.2, -0.15) is 0 Å². The van der Waals surface area contributed by atoms with Gasteiger partial charge < -0.3 is 10.2 Å². The molecule has 0 aromatic heterocycles. The van der Waals surface area contributed by atoms with E-state index in [0.717, 1.165) is 32.2 Å². The maximum absolute atomic E-state index is 12.3. The summed E-state index contributed by atoms with van der Waals surface area (Å²) in [7, 11) is 0. The van der Waals surface area contributed by atoms with E-state index in [2.05, 4.69) is 19.2 Å². The van der Waals surface area contributed by atoms with Gasteiger partial charge in [-0.15, -0.1) is 0 Å². The Kier molecular flexibility index (Phi) is 3.15. The molecule has 0 spiro atoms. The van der Waals surface area contributed by atoms with E-state index in [1.165, 1.54) is 0 Å². The Morgan fingerprint density at radius 1 is 1.47 bits per heavy atom. The molecule has 0 aliphatic carbocycles. The van der Waals surface area contributed by atoms with Crippen LogP contribution in [0.3, 0.4) is 0 Å². The summed E-state index contributed by atoms with van der Waals surface area (Å²) in [6.45, 7) is 6.89. The highest BCUT2D eigenvalue weighted by Gasteiger charge is 2.51. The van der Waals surface area contributed by atoms with Crippen LogP contribution in [0, 0.1) is 5.92 Å². The van der Waals surface area contributed by atoms with Gasteiger partial charge >= 0.3 is 0 Å². The normalized spacial score (nSPS) is 32.9. The molecule has 4 heteroatoms. The molecule has 96 valence electrons. The van der Waals surface area contributed by atoms with E-state index in [9.17, 15) is 9.59 Å². The first kappa shape index (κ1) is 12.4. The highest BCUT2D eigenvalue weighted by Crippen LogP contribution is 2.33. The zero-order valence-electron chi connectivity index (χ0n) is 11.0. The van der Waals surface area contributed by atoms with Gasteiger partial charge in [-0.25, -0.2) is 0 Å². The van der Waals surface area contributed by atoms with Crippen LogP contribution in [0.2, 0.25) is 0 Å². The van der Waals surface area contributed by atoms with Crippen molar-refractivity contribution in [2.24, 2.45) is 5.92 Å². The van der Waals surface area contributed by atoms with Crippen molar-refractivity contribution >= 4 is 11.8 Å². The largest absolute Gasteiger partial charge is 0.342 e. The van der Waals surface area contributed by atoms with E-state index in [1.807, 2.05) is 6.92 Å². The van der Waals surface area contributed by atoms with E-state index in [-0.39, 0.29) is 17.9 Å². The van der Waals surface area contributed by atoms with Gasteiger partial charge in [-0.1, -0.05) is 13.8 Å². The second kappa shape index (κ2) is 4.31. The fourth-order valence-electron chi connectivity index (χ4n) is 2.81. The third kappa shape index (κ3) is 2.05. The van der Waals surface area contributed by atoms with Crippen LogP contribution >= 0.6 is 0 Å². The molecule has 2 saturated heterocycles. The molecule has 0 radical (unpaired) electrons. The lowest BCUT2D eigenvalue weighted by Gasteiger charge is -2.42. The van der Waals surface area contributed by atoms with E-state index >= 15 is 0 Å².